The largest absolute Gasteiger partial charge is 0.469 e. The van der Waals surface area contributed by atoms with E-state index in [0.29, 0.717) is 12.1 Å². The number of carbonyl (C=O) groups is 1. The van der Waals surface area contributed by atoms with Gasteiger partial charge in [-0.2, -0.15) is 11.8 Å². The zero-order chi connectivity index (χ0) is 9.97. The molecule has 3 nitrogen and oxygen atoms in total. The van der Waals surface area contributed by atoms with Crippen LogP contribution >= 0.6 is 11.8 Å². The van der Waals surface area contributed by atoms with Gasteiger partial charge in [-0.3, -0.25) is 4.79 Å². The lowest BCUT2D eigenvalue weighted by atomic mass is 10.0. The van der Waals surface area contributed by atoms with Gasteiger partial charge in [-0.15, -0.1) is 0 Å². The minimum Gasteiger partial charge on any atom is -0.469 e. The van der Waals surface area contributed by atoms with Gasteiger partial charge in [0.2, 0.25) is 0 Å². The van der Waals surface area contributed by atoms with Crippen LogP contribution in [0.3, 0.4) is 0 Å². The van der Waals surface area contributed by atoms with E-state index in [1.807, 2.05) is 11.8 Å². The highest BCUT2D eigenvalue weighted by molar-refractivity contribution is 8.00. The lowest BCUT2D eigenvalue weighted by molar-refractivity contribution is -0.145. The first-order valence-electron chi connectivity index (χ1n) is 5.23. The molecule has 0 spiro atoms. The quantitative estimate of drug-likeness (QED) is 0.714. The molecule has 4 heteroatoms. The molecule has 2 fully saturated rings. The summed E-state index contributed by atoms with van der Waals surface area (Å²) in [5.74, 6) is 2.46. The molecule has 14 heavy (non-hydrogen) atoms. The lowest BCUT2D eigenvalue weighted by Gasteiger charge is -2.31. The fourth-order valence-corrected chi connectivity index (χ4v) is 2.89. The Hall–Kier alpha value is -0.220. The molecular formula is C10H17NO2S. The average Bonchev–Trinajstić information content (AvgIpc) is 2.58. The smallest absolute Gasteiger partial charge is 0.310 e. The highest BCUT2D eigenvalue weighted by Crippen LogP contribution is 2.29. The second kappa shape index (κ2) is 4.53. The van der Waals surface area contributed by atoms with Crippen molar-refractivity contribution < 1.29 is 9.53 Å². The Balaban J connectivity index is 1.85. The molecule has 1 saturated heterocycles. The zero-order valence-electron chi connectivity index (χ0n) is 8.49. The van der Waals surface area contributed by atoms with Crippen molar-refractivity contribution in [1.82, 2.24) is 5.32 Å². The van der Waals surface area contributed by atoms with Gasteiger partial charge in [-0.25, -0.2) is 0 Å². The maximum atomic E-state index is 11.4. The summed E-state index contributed by atoms with van der Waals surface area (Å²) in [7, 11) is 1.48. The van der Waals surface area contributed by atoms with Crippen molar-refractivity contribution in [2.75, 3.05) is 18.6 Å². The molecule has 2 aliphatic rings. The van der Waals surface area contributed by atoms with Crippen LogP contribution < -0.4 is 5.32 Å². The molecule has 0 aromatic carbocycles. The van der Waals surface area contributed by atoms with Crippen LogP contribution in [0.5, 0.6) is 0 Å². The van der Waals surface area contributed by atoms with Crippen molar-refractivity contribution in [2.45, 2.75) is 31.3 Å². The highest BCUT2D eigenvalue weighted by Gasteiger charge is 2.35. The van der Waals surface area contributed by atoms with E-state index < -0.39 is 0 Å². The predicted molar refractivity (Wildman–Crippen MR) is 57.4 cm³/mol. The van der Waals surface area contributed by atoms with Gasteiger partial charge in [0.05, 0.1) is 13.0 Å². The summed E-state index contributed by atoms with van der Waals surface area (Å²) in [6.07, 6.45) is 3.27. The Kier molecular flexibility index (Phi) is 3.34. The Morgan fingerprint density at radius 1 is 1.43 bits per heavy atom. The van der Waals surface area contributed by atoms with Crippen molar-refractivity contribution in [2.24, 2.45) is 5.92 Å². The molecule has 0 aromatic heterocycles. The molecule has 2 rings (SSSR count). The van der Waals surface area contributed by atoms with Crippen molar-refractivity contribution in [1.29, 1.82) is 0 Å². The molecule has 2 unspecified atom stereocenters. The number of esters is 1. The summed E-state index contributed by atoms with van der Waals surface area (Å²) >= 11 is 1.97. The Bertz CT molecular complexity index is 218. The predicted octanol–water partition coefficient (Wildman–Crippen LogP) is 1.03. The van der Waals surface area contributed by atoms with E-state index in [1.54, 1.807) is 0 Å². The zero-order valence-corrected chi connectivity index (χ0v) is 9.31. The third-order valence-corrected chi connectivity index (χ3v) is 4.38. The van der Waals surface area contributed by atoms with Crippen molar-refractivity contribution in [3.63, 3.8) is 0 Å². The number of hydrogen-bond donors (Lipinski definition) is 1. The van der Waals surface area contributed by atoms with Crippen LogP contribution in [-0.4, -0.2) is 36.7 Å². The standard InChI is InChI=1S/C10H17NO2S/c1-13-10(12)8-3-2-4-9(8)11-7-5-14-6-7/h7-9,11H,2-6H2,1H3. The summed E-state index contributed by atoms with van der Waals surface area (Å²) in [6.45, 7) is 0. The third kappa shape index (κ3) is 2.06. The van der Waals surface area contributed by atoms with Crippen LogP contribution in [-0.2, 0) is 9.53 Å². The number of carbonyl (C=O) groups excluding carboxylic acids is 1. The van der Waals surface area contributed by atoms with E-state index in [4.69, 9.17) is 4.74 Å². The number of rotatable bonds is 3. The number of nitrogens with one attached hydrogen (secondary N) is 1. The van der Waals surface area contributed by atoms with Gasteiger partial charge in [0, 0.05) is 23.6 Å². The first-order valence-corrected chi connectivity index (χ1v) is 6.38. The number of hydrogen-bond acceptors (Lipinski definition) is 4. The van der Waals surface area contributed by atoms with E-state index >= 15 is 0 Å². The topological polar surface area (TPSA) is 38.3 Å². The van der Waals surface area contributed by atoms with Crippen LogP contribution in [0.1, 0.15) is 19.3 Å². The molecule has 1 aliphatic heterocycles. The number of methoxy groups -OCH3 is 1. The minimum atomic E-state index is -0.0352. The first-order chi connectivity index (χ1) is 6.81. The molecule has 1 saturated carbocycles. The highest BCUT2D eigenvalue weighted by atomic mass is 32.2. The van der Waals surface area contributed by atoms with Crippen LogP contribution in [0, 0.1) is 5.92 Å². The normalized spacial score (nSPS) is 32.6. The summed E-state index contributed by atoms with van der Waals surface area (Å²) in [4.78, 5) is 11.4. The summed E-state index contributed by atoms with van der Waals surface area (Å²) in [6, 6.07) is 1.00. The summed E-state index contributed by atoms with van der Waals surface area (Å²) in [5, 5.41) is 3.56. The maximum Gasteiger partial charge on any atom is 0.310 e. The molecule has 1 aliphatic carbocycles. The van der Waals surface area contributed by atoms with Gasteiger partial charge in [-0.1, -0.05) is 6.42 Å². The van der Waals surface area contributed by atoms with Crippen molar-refractivity contribution in [3.05, 3.63) is 0 Å². The SMILES string of the molecule is COC(=O)C1CCCC1NC1CSC1. The van der Waals surface area contributed by atoms with Crippen LogP contribution in [0.2, 0.25) is 0 Å². The van der Waals surface area contributed by atoms with Gasteiger partial charge in [0.25, 0.3) is 0 Å². The van der Waals surface area contributed by atoms with E-state index in [2.05, 4.69) is 5.32 Å². The molecular weight excluding hydrogens is 198 g/mol. The van der Waals surface area contributed by atoms with Gasteiger partial charge in [-0.05, 0) is 12.8 Å². The van der Waals surface area contributed by atoms with Gasteiger partial charge < -0.3 is 10.1 Å². The maximum absolute atomic E-state index is 11.4. The van der Waals surface area contributed by atoms with Crippen LogP contribution in [0.4, 0.5) is 0 Å². The average molecular weight is 215 g/mol. The fourth-order valence-electron chi connectivity index (χ4n) is 2.23. The molecule has 80 valence electrons. The van der Waals surface area contributed by atoms with Crippen molar-refractivity contribution >= 4 is 17.7 Å². The van der Waals surface area contributed by atoms with Crippen LogP contribution in [0.15, 0.2) is 0 Å². The monoisotopic (exact) mass is 215 g/mol. The summed E-state index contributed by atoms with van der Waals surface area (Å²) in [5.41, 5.74) is 0. The second-order valence-electron chi connectivity index (χ2n) is 4.07. The third-order valence-electron chi connectivity index (χ3n) is 3.11. The Morgan fingerprint density at radius 3 is 2.79 bits per heavy atom. The van der Waals surface area contributed by atoms with E-state index in [9.17, 15) is 4.79 Å². The van der Waals surface area contributed by atoms with Gasteiger partial charge in [0.1, 0.15) is 0 Å². The Morgan fingerprint density at radius 2 is 2.21 bits per heavy atom. The molecule has 0 bridgehead atoms. The summed E-state index contributed by atoms with van der Waals surface area (Å²) < 4.78 is 4.81. The fraction of sp³-hybridized carbons (Fsp3) is 0.900. The lowest BCUT2D eigenvalue weighted by Crippen LogP contribution is -2.48. The van der Waals surface area contributed by atoms with E-state index in [0.717, 1.165) is 19.3 Å². The number of ether oxygens (including phenoxy) is 1. The second-order valence-corrected chi connectivity index (χ2v) is 5.14. The van der Waals surface area contributed by atoms with E-state index in [1.165, 1.54) is 18.6 Å². The van der Waals surface area contributed by atoms with Gasteiger partial charge in [0.15, 0.2) is 0 Å². The Labute approximate surface area is 89.0 Å². The first kappa shape index (κ1) is 10.3. The number of thioether (sulfide) groups is 1. The molecule has 0 aromatic rings. The molecule has 0 amide bonds. The van der Waals surface area contributed by atoms with Gasteiger partial charge >= 0.3 is 5.97 Å². The minimum absolute atomic E-state index is 0.0352. The molecule has 0 radical (unpaired) electrons. The molecule has 2 atom stereocenters. The van der Waals surface area contributed by atoms with E-state index in [-0.39, 0.29) is 11.9 Å². The van der Waals surface area contributed by atoms with Crippen molar-refractivity contribution in [3.8, 4) is 0 Å². The van der Waals surface area contributed by atoms with Crippen LogP contribution in [0.25, 0.3) is 0 Å². The molecule has 1 N–H and O–H groups in total. The molecule has 1 heterocycles.